The van der Waals surface area contributed by atoms with Crippen LogP contribution in [0.1, 0.15) is 5.69 Å². The summed E-state index contributed by atoms with van der Waals surface area (Å²) in [5.41, 5.74) is 6.18. The van der Waals surface area contributed by atoms with Gasteiger partial charge in [-0.15, -0.1) is 0 Å². The average Bonchev–Trinajstić information content (AvgIpc) is 3.10. The van der Waals surface area contributed by atoms with Crippen molar-refractivity contribution in [2.24, 2.45) is 0 Å². The second kappa shape index (κ2) is 7.09. The average molecular weight is 370 g/mol. The smallest absolute Gasteiger partial charge is 0.166 e. The first-order valence-electron chi connectivity index (χ1n) is 9.65. The van der Waals surface area contributed by atoms with E-state index in [1.165, 1.54) is 0 Å². The van der Waals surface area contributed by atoms with Crippen molar-refractivity contribution >= 4 is 11.5 Å². The Bertz CT molecular complexity index is 1100. The monoisotopic (exact) mass is 370 g/mol. The number of ether oxygens (including phenoxy) is 1. The Kier molecular flexibility index (Phi) is 4.29. The molecule has 0 spiro atoms. The fourth-order valence-electron chi connectivity index (χ4n) is 3.83. The van der Waals surface area contributed by atoms with Gasteiger partial charge in [0.25, 0.3) is 0 Å². The largest absolute Gasteiger partial charge is 0.378 e. The highest BCUT2D eigenvalue weighted by Crippen LogP contribution is 2.32. The van der Waals surface area contributed by atoms with Gasteiger partial charge < -0.3 is 9.64 Å². The Balaban J connectivity index is 1.78. The Morgan fingerprint density at radius 3 is 2.18 bits per heavy atom. The minimum atomic E-state index is 0.732. The summed E-state index contributed by atoms with van der Waals surface area (Å²) in [4.78, 5) is 7.38. The molecule has 0 bridgehead atoms. The van der Waals surface area contributed by atoms with E-state index in [1.807, 2.05) is 16.6 Å². The molecule has 0 radical (unpaired) electrons. The molecular formula is C23H22N4O. The van der Waals surface area contributed by atoms with Crippen molar-refractivity contribution in [2.75, 3.05) is 31.2 Å². The third-order valence-corrected chi connectivity index (χ3v) is 5.21. The molecule has 1 fully saturated rings. The zero-order valence-corrected chi connectivity index (χ0v) is 15.9. The maximum absolute atomic E-state index is 5.56. The lowest BCUT2D eigenvalue weighted by atomic mass is 10.1. The SMILES string of the molecule is Cc1nn2c(N3CCOCC3)cc(-c3ccccc3)nc2c1-c1ccccc1. The normalized spacial score (nSPS) is 14.5. The Labute approximate surface area is 164 Å². The van der Waals surface area contributed by atoms with Crippen LogP contribution in [0.25, 0.3) is 28.0 Å². The summed E-state index contributed by atoms with van der Waals surface area (Å²) in [6, 6.07) is 22.9. The van der Waals surface area contributed by atoms with Crippen LogP contribution in [-0.2, 0) is 4.74 Å². The molecule has 3 heterocycles. The minimum absolute atomic E-state index is 0.732. The van der Waals surface area contributed by atoms with Gasteiger partial charge in [0.2, 0.25) is 0 Å². The molecule has 1 aliphatic rings. The van der Waals surface area contributed by atoms with Crippen LogP contribution < -0.4 is 4.90 Å². The second-order valence-electron chi connectivity index (χ2n) is 7.03. The molecular weight excluding hydrogens is 348 g/mol. The van der Waals surface area contributed by atoms with Gasteiger partial charge in [0.15, 0.2) is 5.65 Å². The quantitative estimate of drug-likeness (QED) is 0.542. The Hall–Kier alpha value is -3.18. The molecule has 2 aromatic carbocycles. The summed E-state index contributed by atoms with van der Waals surface area (Å²) in [6.45, 7) is 5.23. The van der Waals surface area contributed by atoms with Gasteiger partial charge in [0.1, 0.15) is 5.82 Å². The van der Waals surface area contributed by atoms with Crippen molar-refractivity contribution in [3.63, 3.8) is 0 Å². The molecule has 0 unspecified atom stereocenters. The van der Waals surface area contributed by atoms with Gasteiger partial charge in [0.05, 0.1) is 24.6 Å². The van der Waals surface area contributed by atoms with Crippen LogP contribution in [0.3, 0.4) is 0 Å². The molecule has 28 heavy (non-hydrogen) atoms. The first-order valence-corrected chi connectivity index (χ1v) is 9.65. The lowest BCUT2D eigenvalue weighted by molar-refractivity contribution is 0.122. The van der Waals surface area contributed by atoms with Crippen molar-refractivity contribution in [1.82, 2.24) is 14.6 Å². The summed E-state index contributed by atoms with van der Waals surface area (Å²) in [5.74, 6) is 1.07. The number of nitrogens with zero attached hydrogens (tertiary/aromatic N) is 4. The maximum Gasteiger partial charge on any atom is 0.166 e. The molecule has 4 aromatic rings. The molecule has 0 atom stereocenters. The van der Waals surface area contributed by atoms with Gasteiger partial charge in [-0.25, -0.2) is 4.98 Å². The van der Waals surface area contributed by atoms with Crippen LogP contribution in [0.2, 0.25) is 0 Å². The minimum Gasteiger partial charge on any atom is -0.378 e. The number of hydrogen-bond donors (Lipinski definition) is 0. The second-order valence-corrected chi connectivity index (χ2v) is 7.03. The Morgan fingerprint density at radius 1 is 0.857 bits per heavy atom. The molecule has 1 saturated heterocycles. The van der Waals surface area contributed by atoms with Gasteiger partial charge in [-0.2, -0.15) is 9.61 Å². The zero-order chi connectivity index (χ0) is 18.9. The standard InChI is InChI=1S/C23H22N4O/c1-17-22(19-10-6-3-7-11-19)23-24-20(18-8-4-2-5-9-18)16-21(27(23)25-17)26-12-14-28-15-13-26/h2-11,16H,12-15H2,1H3. The van der Waals surface area contributed by atoms with Gasteiger partial charge in [-0.05, 0) is 12.5 Å². The predicted molar refractivity (Wildman–Crippen MR) is 112 cm³/mol. The summed E-state index contributed by atoms with van der Waals surface area (Å²) in [7, 11) is 0. The lowest BCUT2D eigenvalue weighted by Crippen LogP contribution is -2.37. The highest BCUT2D eigenvalue weighted by molar-refractivity contribution is 5.82. The van der Waals surface area contributed by atoms with Gasteiger partial charge in [0, 0.05) is 30.3 Å². The number of anilines is 1. The van der Waals surface area contributed by atoms with E-state index >= 15 is 0 Å². The topological polar surface area (TPSA) is 42.7 Å². The van der Waals surface area contributed by atoms with Crippen molar-refractivity contribution < 1.29 is 4.74 Å². The van der Waals surface area contributed by atoms with E-state index in [2.05, 4.69) is 66.4 Å². The molecule has 140 valence electrons. The molecule has 0 saturated carbocycles. The first kappa shape index (κ1) is 17.0. The molecule has 0 amide bonds. The highest BCUT2D eigenvalue weighted by Gasteiger charge is 2.21. The molecule has 5 rings (SSSR count). The molecule has 0 aliphatic carbocycles. The van der Waals surface area contributed by atoms with E-state index in [1.54, 1.807) is 0 Å². The van der Waals surface area contributed by atoms with E-state index in [9.17, 15) is 0 Å². The number of aromatic nitrogens is 3. The fraction of sp³-hybridized carbons (Fsp3) is 0.217. The zero-order valence-electron chi connectivity index (χ0n) is 15.9. The van der Waals surface area contributed by atoms with Crippen molar-refractivity contribution in [3.05, 3.63) is 72.4 Å². The van der Waals surface area contributed by atoms with Gasteiger partial charge in [-0.3, -0.25) is 0 Å². The molecule has 5 nitrogen and oxygen atoms in total. The fourth-order valence-corrected chi connectivity index (χ4v) is 3.83. The molecule has 2 aromatic heterocycles. The molecule has 5 heteroatoms. The van der Waals surface area contributed by atoms with Crippen molar-refractivity contribution in [1.29, 1.82) is 0 Å². The van der Waals surface area contributed by atoms with Crippen molar-refractivity contribution in [2.45, 2.75) is 6.92 Å². The van der Waals surface area contributed by atoms with E-state index in [0.29, 0.717) is 0 Å². The summed E-state index contributed by atoms with van der Waals surface area (Å²) < 4.78 is 7.55. The van der Waals surface area contributed by atoms with Crippen LogP contribution in [0.15, 0.2) is 66.7 Å². The van der Waals surface area contributed by atoms with Gasteiger partial charge >= 0.3 is 0 Å². The number of benzene rings is 2. The highest BCUT2D eigenvalue weighted by atomic mass is 16.5. The predicted octanol–water partition coefficient (Wildman–Crippen LogP) is 4.21. The van der Waals surface area contributed by atoms with E-state index in [0.717, 1.165) is 65.8 Å². The third-order valence-electron chi connectivity index (χ3n) is 5.21. The lowest BCUT2D eigenvalue weighted by Gasteiger charge is -2.29. The number of morpholine rings is 1. The number of fused-ring (bicyclic) bond motifs is 1. The van der Waals surface area contributed by atoms with E-state index in [-0.39, 0.29) is 0 Å². The molecule has 1 aliphatic heterocycles. The summed E-state index contributed by atoms with van der Waals surface area (Å²) in [6.07, 6.45) is 0. The number of rotatable bonds is 3. The molecule has 0 N–H and O–H groups in total. The summed E-state index contributed by atoms with van der Waals surface area (Å²) >= 11 is 0. The maximum atomic E-state index is 5.56. The third kappa shape index (κ3) is 2.94. The van der Waals surface area contributed by atoms with E-state index in [4.69, 9.17) is 14.8 Å². The summed E-state index contributed by atoms with van der Waals surface area (Å²) in [5, 5.41) is 4.87. The van der Waals surface area contributed by atoms with Crippen LogP contribution in [-0.4, -0.2) is 40.9 Å². The van der Waals surface area contributed by atoms with Crippen LogP contribution in [0.5, 0.6) is 0 Å². The van der Waals surface area contributed by atoms with Crippen LogP contribution >= 0.6 is 0 Å². The van der Waals surface area contributed by atoms with Gasteiger partial charge in [-0.1, -0.05) is 60.7 Å². The number of aryl methyl sites for hydroxylation is 1. The van der Waals surface area contributed by atoms with Crippen LogP contribution in [0.4, 0.5) is 5.82 Å². The van der Waals surface area contributed by atoms with E-state index < -0.39 is 0 Å². The Morgan fingerprint density at radius 2 is 1.50 bits per heavy atom. The van der Waals surface area contributed by atoms with Crippen molar-refractivity contribution in [3.8, 4) is 22.4 Å². The van der Waals surface area contributed by atoms with Crippen LogP contribution in [0, 0.1) is 6.92 Å². The number of hydrogen-bond acceptors (Lipinski definition) is 4. The first-order chi connectivity index (χ1) is 13.8.